The van der Waals surface area contributed by atoms with E-state index in [-0.39, 0.29) is 0 Å². The average molecular weight is 825 g/mol. The van der Waals surface area contributed by atoms with Crippen LogP contribution in [0.2, 0.25) is 0 Å². The van der Waals surface area contributed by atoms with Gasteiger partial charge in [0.25, 0.3) is 0 Å². The predicted octanol–water partition coefficient (Wildman–Crippen LogP) is 17.5. The molecule has 0 spiro atoms. The van der Waals surface area contributed by atoms with E-state index in [9.17, 15) is 0 Å². The van der Waals surface area contributed by atoms with Crippen molar-refractivity contribution in [1.82, 2.24) is 4.57 Å². The third-order valence-electron chi connectivity index (χ3n) is 12.6. The SMILES string of the molecule is c1ccc(-c2cccc(N(c3ccc4c(c3)c3ccccc3n4-c3ccccc3)c3cccc4sc5ccccc5c34)c2-c2cccc3sc4c5ccccc5ccc4c23)cc1. The summed E-state index contributed by atoms with van der Waals surface area (Å²) in [7, 11) is 0. The molecule has 0 N–H and O–H groups in total. The lowest BCUT2D eigenvalue weighted by molar-refractivity contribution is 1.18. The van der Waals surface area contributed by atoms with Gasteiger partial charge in [-0.3, -0.25) is 0 Å². The molecule has 0 aliphatic carbocycles. The zero-order valence-electron chi connectivity index (χ0n) is 33.5. The van der Waals surface area contributed by atoms with E-state index in [0.29, 0.717) is 0 Å². The summed E-state index contributed by atoms with van der Waals surface area (Å²) in [5.41, 5.74) is 11.7. The van der Waals surface area contributed by atoms with Crippen molar-refractivity contribution in [1.29, 1.82) is 0 Å². The monoisotopic (exact) mass is 824 g/mol. The van der Waals surface area contributed by atoms with Gasteiger partial charge in [0.15, 0.2) is 0 Å². The van der Waals surface area contributed by atoms with Crippen molar-refractivity contribution in [3.05, 3.63) is 218 Å². The maximum Gasteiger partial charge on any atom is 0.0555 e. The lowest BCUT2D eigenvalue weighted by atomic mass is 9.89. The van der Waals surface area contributed by atoms with Crippen LogP contribution >= 0.6 is 22.7 Å². The molecule has 3 heterocycles. The minimum Gasteiger partial charge on any atom is -0.309 e. The molecule has 0 fully saturated rings. The van der Waals surface area contributed by atoms with Crippen LogP contribution in [0.15, 0.2) is 218 Å². The van der Waals surface area contributed by atoms with Gasteiger partial charge in [-0.15, -0.1) is 22.7 Å². The van der Waals surface area contributed by atoms with Crippen LogP contribution in [-0.4, -0.2) is 4.57 Å². The normalized spacial score (nSPS) is 11.9. The molecule has 0 saturated carbocycles. The van der Waals surface area contributed by atoms with Crippen molar-refractivity contribution in [3.63, 3.8) is 0 Å². The Labute approximate surface area is 366 Å². The molecule has 10 aromatic carbocycles. The first-order valence-corrected chi connectivity index (χ1v) is 22.7. The Bertz CT molecular complexity index is 3870. The van der Waals surface area contributed by atoms with E-state index in [1.807, 2.05) is 22.7 Å². The largest absolute Gasteiger partial charge is 0.309 e. The fourth-order valence-electron chi connectivity index (χ4n) is 9.94. The van der Waals surface area contributed by atoms with E-state index >= 15 is 0 Å². The number of rotatable bonds is 6. The zero-order chi connectivity index (χ0) is 40.7. The Hall–Kier alpha value is -7.50. The number of para-hydroxylation sites is 2. The van der Waals surface area contributed by atoms with E-state index in [2.05, 4.69) is 228 Å². The second-order valence-corrected chi connectivity index (χ2v) is 18.1. The van der Waals surface area contributed by atoms with Gasteiger partial charge in [-0.1, -0.05) is 152 Å². The molecular formula is C58H36N2S2. The summed E-state index contributed by atoms with van der Waals surface area (Å²) in [5, 5.41) is 10.1. The van der Waals surface area contributed by atoms with Gasteiger partial charge in [0.2, 0.25) is 0 Å². The molecule has 62 heavy (non-hydrogen) atoms. The van der Waals surface area contributed by atoms with Gasteiger partial charge < -0.3 is 9.47 Å². The highest BCUT2D eigenvalue weighted by molar-refractivity contribution is 7.27. The smallest absolute Gasteiger partial charge is 0.0555 e. The van der Waals surface area contributed by atoms with Crippen molar-refractivity contribution in [2.24, 2.45) is 0 Å². The maximum atomic E-state index is 2.56. The summed E-state index contributed by atoms with van der Waals surface area (Å²) in [6.07, 6.45) is 0. The van der Waals surface area contributed by atoms with E-state index in [1.165, 1.54) is 95.2 Å². The summed E-state index contributed by atoms with van der Waals surface area (Å²) >= 11 is 3.77. The molecule has 0 aliphatic rings. The minimum absolute atomic E-state index is 1.11. The average Bonchev–Trinajstić information content (AvgIpc) is 4.02. The Kier molecular flexibility index (Phi) is 7.99. The summed E-state index contributed by atoms with van der Waals surface area (Å²) in [6, 6.07) is 80.5. The minimum atomic E-state index is 1.11. The highest BCUT2D eigenvalue weighted by atomic mass is 32.1. The quantitative estimate of drug-likeness (QED) is 0.162. The first-order chi connectivity index (χ1) is 30.8. The zero-order valence-corrected chi connectivity index (χ0v) is 35.1. The van der Waals surface area contributed by atoms with E-state index < -0.39 is 0 Å². The highest BCUT2D eigenvalue weighted by Gasteiger charge is 2.26. The first-order valence-electron chi connectivity index (χ1n) is 21.1. The summed E-state index contributed by atoms with van der Waals surface area (Å²) in [5.74, 6) is 0. The molecule has 0 atom stereocenters. The van der Waals surface area contributed by atoms with Crippen LogP contribution in [0.1, 0.15) is 0 Å². The van der Waals surface area contributed by atoms with Crippen LogP contribution in [0.25, 0.3) is 101 Å². The second kappa shape index (κ2) is 14.0. The van der Waals surface area contributed by atoms with Gasteiger partial charge in [-0.05, 0) is 94.2 Å². The van der Waals surface area contributed by atoms with Crippen LogP contribution in [0.5, 0.6) is 0 Å². The number of anilines is 3. The Morgan fingerprint density at radius 3 is 1.89 bits per heavy atom. The molecule has 0 aliphatic heterocycles. The van der Waals surface area contributed by atoms with E-state index in [1.54, 1.807) is 0 Å². The Morgan fingerprint density at radius 1 is 0.371 bits per heavy atom. The van der Waals surface area contributed by atoms with Crippen LogP contribution in [-0.2, 0) is 0 Å². The van der Waals surface area contributed by atoms with Gasteiger partial charge in [0.05, 0.1) is 22.4 Å². The van der Waals surface area contributed by atoms with E-state index in [0.717, 1.165) is 22.7 Å². The lowest BCUT2D eigenvalue weighted by Crippen LogP contribution is -2.12. The molecule has 0 unspecified atom stereocenters. The molecule has 0 bridgehead atoms. The third-order valence-corrected chi connectivity index (χ3v) is 14.9. The second-order valence-electron chi connectivity index (χ2n) is 16.0. The molecule has 13 rings (SSSR count). The third kappa shape index (κ3) is 5.34. The van der Waals surface area contributed by atoms with Crippen LogP contribution in [0.3, 0.4) is 0 Å². The first kappa shape index (κ1) is 35.3. The highest BCUT2D eigenvalue weighted by Crippen LogP contribution is 2.53. The predicted molar refractivity (Wildman–Crippen MR) is 270 cm³/mol. The molecule has 4 heteroatoms. The molecular weight excluding hydrogens is 789 g/mol. The molecule has 0 saturated heterocycles. The van der Waals surface area contributed by atoms with Crippen LogP contribution in [0.4, 0.5) is 17.1 Å². The van der Waals surface area contributed by atoms with Crippen LogP contribution < -0.4 is 4.90 Å². The number of benzene rings is 10. The van der Waals surface area contributed by atoms with Gasteiger partial charge in [0.1, 0.15) is 0 Å². The number of aromatic nitrogens is 1. The van der Waals surface area contributed by atoms with Gasteiger partial charge >= 0.3 is 0 Å². The molecule has 3 aromatic heterocycles. The number of nitrogens with zero attached hydrogens (tertiary/aromatic N) is 2. The lowest BCUT2D eigenvalue weighted by Gasteiger charge is -2.30. The van der Waals surface area contributed by atoms with Gasteiger partial charge in [-0.25, -0.2) is 0 Å². The molecule has 0 amide bonds. The Balaban J connectivity index is 1.17. The summed E-state index contributed by atoms with van der Waals surface area (Å²) in [4.78, 5) is 2.56. The number of hydrogen-bond donors (Lipinski definition) is 0. The standard InChI is InChI=1S/C58H36N2S2/c1-3-16-37(17-4-1)41-24-13-27-50(55(41)45-25-14-30-53-56(45)46-34-32-38-18-7-8-21-42(38)58(46)62-53)60(51-28-15-31-54-57(51)44-23-10-12-29-52(44)61-54)40-33-35-49-47(36-40)43-22-9-11-26-48(43)59(49)39-19-5-2-6-20-39/h1-36H. The topological polar surface area (TPSA) is 8.17 Å². The van der Waals surface area contributed by atoms with Crippen molar-refractivity contribution in [2.75, 3.05) is 4.90 Å². The maximum absolute atomic E-state index is 2.56. The van der Waals surface area contributed by atoms with Crippen LogP contribution in [0, 0.1) is 0 Å². The molecule has 290 valence electrons. The summed E-state index contributed by atoms with van der Waals surface area (Å²) in [6.45, 7) is 0. The summed E-state index contributed by atoms with van der Waals surface area (Å²) < 4.78 is 7.58. The molecule has 0 radical (unpaired) electrons. The number of hydrogen-bond acceptors (Lipinski definition) is 3. The van der Waals surface area contributed by atoms with Gasteiger partial charge in [0, 0.05) is 68.1 Å². The number of thiophene rings is 2. The molecule has 2 nitrogen and oxygen atoms in total. The molecule has 13 aromatic rings. The van der Waals surface area contributed by atoms with Gasteiger partial charge in [-0.2, -0.15) is 0 Å². The fraction of sp³-hybridized carbons (Fsp3) is 0. The van der Waals surface area contributed by atoms with Crippen molar-refractivity contribution in [2.45, 2.75) is 0 Å². The van der Waals surface area contributed by atoms with Crippen molar-refractivity contribution >= 4 is 113 Å². The van der Waals surface area contributed by atoms with E-state index in [4.69, 9.17) is 0 Å². The Morgan fingerprint density at radius 2 is 1.02 bits per heavy atom. The van der Waals surface area contributed by atoms with Crippen molar-refractivity contribution < 1.29 is 0 Å². The number of fused-ring (bicyclic) bond motifs is 11. The van der Waals surface area contributed by atoms with Crippen molar-refractivity contribution in [3.8, 4) is 27.9 Å². The fourth-order valence-corrected chi connectivity index (χ4v) is 12.3.